The lowest BCUT2D eigenvalue weighted by molar-refractivity contribution is 0.105. The minimum Gasteiger partial charge on any atom is -0.506 e. The van der Waals surface area contributed by atoms with E-state index in [1.54, 1.807) is 19.2 Å². The summed E-state index contributed by atoms with van der Waals surface area (Å²) in [6.07, 6.45) is 0.524. The first-order valence-electron chi connectivity index (χ1n) is 5.49. The Kier molecular flexibility index (Phi) is 4.63. The summed E-state index contributed by atoms with van der Waals surface area (Å²) in [6, 6.07) is 4.73. The maximum atomic E-state index is 11.5. The summed E-state index contributed by atoms with van der Waals surface area (Å²) in [5.74, 6) is 0.0307. The van der Waals surface area contributed by atoms with Crippen molar-refractivity contribution in [3.63, 3.8) is 0 Å². The molecule has 1 aromatic rings. The molecule has 0 radical (unpaired) electrons. The van der Waals surface area contributed by atoms with Crippen LogP contribution in [0.1, 0.15) is 18.9 Å². The van der Waals surface area contributed by atoms with Crippen molar-refractivity contribution >= 4 is 11.8 Å². The third kappa shape index (κ3) is 3.86. The molecule has 3 N–H and O–H groups in total. The second kappa shape index (κ2) is 5.98. The molecule has 0 aliphatic carbocycles. The van der Waals surface area contributed by atoms with Gasteiger partial charge in [-0.25, -0.2) is 4.79 Å². The molecule has 5 nitrogen and oxygen atoms in total. The summed E-state index contributed by atoms with van der Waals surface area (Å²) in [5.41, 5.74) is 6.56. The Balaban J connectivity index is 2.50. The zero-order chi connectivity index (χ0) is 12.8. The van der Waals surface area contributed by atoms with E-state index in [0.717, 1.165) is 12.0 Å². The van der Waals surface area contributed by atoms with Crippen LogP contribution in [0.5, 0.6) is 5.75 Å². The number of hydrogen-bond donors (Lipinski definition) is 2. The zero-order valence-electron chi connectivity index (χ0n) is 10.1. The molecule has 1 rings (SSSR count). The number of phenolic OH excluding ortho intramolecular Hbond substituents is 1. The molecule has 5 heteroatoms. The fourth-order valence-electron chi connectivity index (χ4n) is 1.38. The van der Waals surface area contributed by atoms with Crippen molar-refractivity contribution in [2.24, 2.45) is 0 Å². The highest BCUT2D eigenvalue weighted by Crippen LogP contribution is 2.20. The van der Waals surface area contributed by atoms with E-state index in [9.17, 15) is 9.90 Å². The lowest BCUT2D eigenvalue weighted by Gasteiger charge is -2.15. The molecular weight excluding hydrogens is 220 g/mol. The summed E-state index contributed by atoms with van der Waals surface area (Å²) in [5, 5.41) is 9.24. The van der Waals surface area contributed by atoms with Crippen LogP contribution in [0.25, 0.3) is 0 Å². The van der Waals surface area contributed by atoms with E-state index in [1.165, 1.54) is 11.0 Å². The van der Waals surface area contributed by atoms with Crippen molar-refractivity contribution < 1.29 is 14.6 Å². The lowest BCUT2D eigenvalue weighted by atomic mass is 10.2. The molecule has 0 bridgehead atoms. The van der Waals surface area contributed by atoms with Gasteiger partial charge in [0, 0.05) is 13.6 Å². The van der Waals surface area contributed by atoms with Crippen LogP contribution >= 0.6 is 0 Å². The number of ether oxygens (including phenoxy) is 1. The molecule has 1 aromatic carbocycles. The highest BCUT2D eigenvalue weighted by Gasteiger charge is 2.09. The third-order valence-corrected chi connectivity index (χ3v) is 2.32. The van der Waals surface area contributed by atoms with Crippen molar-refractivity contribution in [3.8, 4) is 5.75 Å². The van der Waals surface area contributed by atoms with E-state index in [2.05, 4.69) is 0 Å². The third-order valence-electron chi connectivity index (χ3n) is 2.32. The first-order chi connectivity index (χ1) is 8.04. The molecule has 0 aromatic heterocycles. The summed E-state index contributed by atoms with van der Waals surface area (Å²) in [4.78, 5) is 13.0. The predicted molar refractivity (Wildman–Crippen MR) is 65.6 cm³/mol. The van der Waals surface area contributed by atoms with Crippen LogP contribution in [0.2, 0.25) is 0 Å². The fourth-order valence-corrected chi connectivity index (χ4v) is 1.38. The normalized spacial score (nSPS) is 10.0. The molecule has 0 saturated carbocycles. The van der Waals surface area contributed by atoms with E-state index >= 15 is 0 Å². The standard InChI is InChI=1S/C12H18N2O3/c1-3-6-14(2)12(16)17-8-9-4-5-11(15)10(13)7-9/h4-5,7,15H,3,6,8,13H2,1-2H3. The molecule has 0 aliphatic heterocycles. The van der Waals surface area contributed by atoms with Crippen LogP contribution in [-0.4, -0.2) is 29.7 Å². The van der Waals surface area contributed by atoms with Gasteiger partial charge in [0.05, 0.1) is 5.69 Å². The first kappa shape index (κ1) is 13.2. The quantitative estimate of drug-likeness (QED) is 0.621. The van der Waals surface area contributed by atoms with Crippen molar-refractivity contribution in [2.75, 3.05) is 19.3 Å². The summed E-state index contributed by atoms with van der Waals surface area (Å²) in [6.45, 7) is 2.80. The van der Waals surface area contributed by atoms with E-state index in [0.29, 0.717) is 6.54 Å². The highest BCUT2D eigenvalue weighted by molar-refractivity contribution is 5.67. The SMILES string of the molecule is CCCN(C)C(=O)OCc1ccc(O)c(N)c1. The Morgan fingerprint density at radius 1 is 1.53 bits per heavy atom. The number of nitrogen functional groups attached to an aromatic ring is 1. The van der Waals surface area contributed by atoms with Gasteiger partial charge in [-0.05, 0) is 24.1 Å². The largest absolute Gasteiger partial charge is 0.506 e. The molecule has 94 valence electrons. The number of aromatic hydroxyl groups is 1. The lowest BCUT2D eigenvalue weighted by Crippen LogP contribution is -2.27. The molecule has 0 spiro atoms. The maximum absolute atomic E-state index is 11.5. The molecule has 0 fully saturated rings. The molecule has 0 unspecified atom stereocenters. The van der Waals surface area contributed by atoms with Crippen LogP contribution in [0.4, 0.5) is 10.5 Å². The number of hydrogen-bond acceptors (Lipinski definition) is 4. The number of phenols is 1. The number of amides is 1. The van der Waals surface area contributed by atoms with Gasteiger partial charge < -0.3 is 20.5 Å². The second-order valence-electron chi connectivity index (χ2n) is 3.87. The van der Waals surface area contributed by atoms with Gasteiger partial charge in [0.1, 0.15) is 12.4 Å². The molecule has 0 aliphatic rings. The van der Waals surface area contributed by atoms with Crippen LogP contribution in [0, 0.1) is 0 Å². The number of benzene rings is 1. The predicted octanol–water partition coefficient (Wildman–Crippen LogP) is 1.95. The van der Waals surface area contributed by atoms with E-state index in [1.807, 2.05) is 6.92 Å². The zero-order valence-corrected chi connectivity index (χ0v) is 10.1. The van der Waals surface area contributed by atoms with Crippen LogP contribution in [0.15, 0.2) is 18.2 Å². The Hall–Kier alpha value is -1.91. The molecule has 0 saturated heterocycles. The minimum absolute atomic E-state index is 0.0307. The van der Waals surface area contributed by atoms with Crippen molar-refractivity contribution in [2.45, 2.75) is 20.0 Å². The average Bonchev–Trinajstić information content (AvgIpc) is 2.30. The number of carbonyl (C=O) groups is 1. The minimum atomic E-state index is -0.363. The van der Waals surface area contributed by atoms with Crippen molar-refractivity contribution in [3.05, 3.63) is 23.8 Å². The van der Waals surface area contributed by atoms with Crippen molar-refractivity contribution in [1.29, 1.82) is 0 Å². The fraction of sp³-hybridized carbons (Fsp3) is 0.417. The number of rotatable bonds is 4. The molecule has 17 heavy (non-hydrogen) atoms. The number of anilines is 1. The molecule has 0 atom stereocenters. The number of nitrogens with zero attached hydrogens (tertiary/aromatic N) is 1. The topological polar surface area (TPSA) is 75.8 Å². The number of carbonyl (C=O) groups excluding carboxylic acids is 1. The van der Waals surface area contributed by atoms with E-state index in [-0.39, 0.29) is 24.1 Å². The monoisotopic (exact) mass is 238 g/mol. The molecule has 0 heterocycles. The van der Waals surface area contributed by atoms with Gasteiger partial charge in [0.2, 0.25) is 0 Å². The van der Waals surface area contributed by atoms with Crippen LogP contribution in [-0.2, 0) is 11.3 Å². The second-order valence-corrected chi connectivity index (χ2v) is 3.87. The van der Waals surface area contributed by atoms with Gasteiger partial charge in [-0.3, -0.25) is 0 Å². The van der Waals surface area contributed by atoms with Gasteiger partial charge in [0.15, 0.2) is 0 Å². The molecular formula is C12H18N2O3. The Labute approximate surface area is 101 Å². The Morgan fingerprint density at radius 2 is 2.24 bits per heavy atom. The smallest absolute Gasteiger partial charge is 0.409 e. The van der Waals surface area contributed by atoms with Gasteiger partial charge in [0.25, 0.3) is 0 Å². The summed E-state index contributed by atoms with van der Waals surface area (Å²) >= 11 is 0. The van der Waals surface area contributed by atoms with Crippen molar-refractivity contribution in [1.82, 2.24) is 4.90 Å². The Bertz CT molecular complexity index is 393. The van der Waals surface area contributed by atoms with Gasteiger partial charge in [-0.2, -0.15) is 0 Å². The average molecular weight is 238 g/mol. The van der Waals surface area contributed by atoms with E-state index < -0.39 is 0 Å². The Morgan fingerprint density at radius 3 is 2.82 bits per heavy atom. The summed E-state index contributed by atoms with van der Waals surface area (Å²) < 4.78 is 5.09. The maximum Gasteiger partial charge on any atom is 0.409 e. The van der Waals surface area contributed by atoms with E-state index in [4.69, 9.17) is 10.5 Å². The van der Waals surface area contributed by atoms with Crippen LogP contribution < -0.4 is 5.73 Å². The van der Waals surface area contributed by atoms with Gasteiger partial charge >= 0.3 is 6.09 Å². The van der Waals surface area contributed by atoms with Gasteiger partial charge in [-0.15, -0.1) is 0 Å². The highest BCUT2D eigenvalue weighted by atomic mass is 16.6. The molecule has 1 amide bonds. The first-order valence-corrected chi connectivity index (χ1v) is 5.49. The number of nitrogens with two attached hydrogens (primary N) is 1. The van der Waals surface area contributed by atoms with Gasteiger partial charge in [-0.1, -0.05) is 13.0 Å². The van der Waals surface area contributed by atoms with Crippen LogP contribution in [0.3, 0.4) is 0 Å². The summed E-state index contributed by atoms with van der Waals surface area (Å²) in [7, 11) is 1.69.